The van der Waals surface area contributed by atoms with Gasteiger partial charge in [-0.3, -0.25) is 0 Å². The monoisotopic (exact) mass is 309 g/mol. The number of rotatable bonds is 3. The summed E-state index contributed by atoms with van der Waals surface area (Å²) in [7, 11) is 3.55. The first-order valence-corrected chi connectivity index (χ1v) is 6.52. The highest BCUT2D eigenvalue weighted by Gasteiger charge is 2.16. The minimum Gasteiger partial charge on any atom is -0.496 e. The number of aromatic nitrogens is 2. The Hall–Kier alpha value is -1.49. The van der Waals surface area contributed by atoms with Gasteiger partial charge in [-0.05, 0) is 40.0 Å². The molecule has 96 valence electrons. The average molecular weight is 310 g/mol. The van der Waals surface area contributed by atoms with Crippen LogP contribution in [0, 0.1) is 0 Å². The van der Waals surface area contributed by atoms with Gasteiger partial charge < -0.3 is 15.0 Å². The van der Waals surface area contributed by atoms with E-state index in [1.54, 1.807) is 7.11 Å². The molecule has 1 aromatic carbocycles. The van der Waals surface area contributed by atoms with Crippen LogP contribution in [0.15, 0.2) is 22.8 Å². The molecule has 0 atom stereocenters. The number of nitrogen functional groups attached to an aromatic ring is 1. The maximum atomic E-state index is 5.82. The molecule has 0 saturated heterocycles. The highest BCUT2D eigenvalue weighted by atomic mass is 79.9. The van der Waals surface area contributed by atoms with Crippen molar-refractivity contribution in [2.45, 2.75) is 13.3 Å². The van der Waals surface area contributed by atoms with Crippen LogP contribution in [0.5, 0.6) is 5.75 Å². The van der Waals surface area contributed by atoms with E-state index in [1.807, 2.05) is 17.7 Å². The molecule has 2 aromatic rings. The van der Waals surface area contributed by atoms with Gasteiger partial charge in [0.25, 0.3) is 0 Å². The van der Waals surface area contributed by atoms with Crippen molar-refractivity contribution in [2.24, 2.45) is 7.05 Å². The lowest BCUT2D eigenvalue weighted by molar-refractivity contribution is 0.416. The number of anilines is 1. The smallest absolute Gasteiger partial charge is 0.201 e. The van der Waals surface area contributed by atoms with Crippen LogP contribution in [0.1, 0.15) is 12.5 Å². The van der Waals surface area contributed by atoms with Gasteiger partial charge in [0.15, 0.2) is 0 Å². The Morgan fingerprint density at radius 1 is 1.44 bits per heavy atom. The molecule has 1 aromatic heterocycles. The van der Waals surface area contributed by atoms with E-state index in [0.717, 1.165) is 28.0 Å². The maximum absolute atomic E-state index is 5.82. The fourth-order valence-corrected chi connectivity index (χ4v) is 2.59. The second-order valence-electron chi connectivity index (χ2n) is 4.06. The number of imidazole rings is 1. The van der Waals surface area contributed by atoms with Gasteiger partial charge in [-0.25, -0.2) is 4.98 Å². The van der Waals surface area contributed by atoms with E-state index >= 15 is 0 Å². The third kappa shape index (κ3) is 2.10. The number of nitrogens with two attached hydrogens (primary N) is 1. The lowest BCUT2D eigenvalue weighted by Gasteiger charge is -2.11. The lowest BCUT2D eigenvalue weighted by Crippen LogP contribution is -2.00. The summed E-state index contributed by atoms with van der Waals surface area (Å²) in [6.07, 6.45) is 0.974. The summed E-state index contributed by atoms with van der Waals surface area (Å²) in [6, 6.07) is 6.15. The van der Waals surface area contributed by atoms with Gasteiger partial charge in [-0.15, -0.1) is 0 Å². The molecule has 4 nitrogen and oxygen atoms in total. The van der Waals surface area contributed by atoms with Crippen molar-refractivity contribution in [3.63, 3.8) is 0 Å². The van der Waals surface area contributed by atoms with E-state index in [4.69, 9.17) is 10.5 Å². The Kier molecular flexibility index (Phi) is 3.61. The zero-order chi connectivity index (χ0) is 13.3. The van der Waals surface area contributed by atoms with Crippen LogP contribution in [0.4, 0.5) is 5.95 Å². The molecule has 0 aliphatic carbocycles. The normalized spacial score (nSPS) is 10.7. The molecule has 0 bridgehead atoms. The third-order valence-corrected chi connectivity index (χ3v) is 3.57. The van der Waals surface area contributed by atoms with Crippen LogP contribution >= 0.6 is 15.9 Å². The molecule has 1 heterocycles. The molecule has 0 amide bonds. The largest absolute Gasteiger partial charge is 0.496 e. The summed E-state index contributed by atoms with van der Waals surface area (Å²) in [5.41, 5.74) is 9.00. The van der Waals surface area contributed by atoms with Crippen molar-refractivity contribution in [3.05, 3.63) is 28.4 Å². The summed E-state index contributed by atoms with van der Waals surface area (Å²) in [6.45, 7) is 2.12. The van der Waals surface area contributed by atoms with Gasteiger partial charge in [-0.2, -0.15) is 0 Å². The Bertz CT molecular complexity index is 578. The van der Waals surface area contributed by atoms with Crippen molar-refractivity contribution in [1.29, 1.82) is 0 Å². The van der Waals surface area contributed by atoms with Crippen LogP contribution in [-0.2, 0) is 13.5 Å². The number of benzene rings is 1. The van der Waals surface area contributed by atoms with Crippen LogP contribution in [0.2, 0.25) is 0 Å². The Balaban J connectivity index is 2.68. The topological polar surface area (TPSA) is 53.1 Å². The number of methoxy groups -OCH3 is 1. The van der Waals surface area contributed by atoms with Gasteiger partial charge in [0.2, 0.25) is 5.95 Å². The Labute approximate surface area is 115 Å². The van der Waals surface area contributed by atoms with Crippen LogP contribution < -0.4 is 10.5 Å². The zero-order valence-electron chi connectivity index (χ0n) is 10.7. The summed E-state index contributed by atoms with van der Waals surface area (Å²) in [5.74, 6) is 1.29. The molecule has 0 radical (unpaired) electrons. The summed E-state index contributed by atoms with van der Waals surface area (Å²) in [5, 5.41) is 0. The predicted molar refractivity (Wildman–Crippen MR) is 76.7 cm³/mol. The predicted octanol–water partition coefficient (Wildman–Crippen LogP) is 3.00. The minimum absolute atomic E-state index is 0.473. The second-order valence-corrected chi connectivity index (χ2v) is 4.81. The van der Waals surface area contributed by atoms with Crippen LogP contribution in [0.3, 0.4) is 0 Å². The van der Waals surface area contributed by atoms with Gasteiger partial charge in [0, 0.05) is 12.6 Å². The fourth-order valence-electron chi connectivity index (χ4n) is 1.93. The van der Waals surface area contributed by atoms with Gasteiger partial charge in [0.05, 0.1) is 12.8 Å². The lowest BCUT2D eigenvalue weighted by atomic mass is 10.1. The third-order valence-electron chi connectivity index (χ3n) is 3.01. The average Bonchev–Trinajstić information content (AvgIpc) is 2.62. The molecule has 0 aliphatic heterocycles. The van der Waals surface area contributed by atoms with E-state index in [-0.39, 0.29) is 0 Å². The van der Waals surface area contributed by atoms with Crippen LogP contribution in [-0.4, -0.2) is 16.7 Å². The van der Waals surface area contributed by atoms with Crippen molar-refractivity contribution in [2.75, 3.05) is 12.8 Å². The highest BCUT2D eigenvalue weighted by molar-refractivity contribution is 9.10. The molecule has 0 saturated carbocycles. The number of ether oxygens (including phenoxy) is 1. The molecule has 0 fully saturated rings. The molecule has 2 N–H and O–H groups in total. The number of halogens is 1. The standard InChI is InChI=1S/C13H16BrN3O/c1-4-8-5-6-10(18-3)9(7-8)11-12(14)16-13(15)17(11)2/h5-7H,4H2,1-3H3,(H2,15,16). The van der Waals surface area contributed by atoms with Crippen molar-refractivity contribution in [3.8, 4) is 17.0 Å². The van der Waals surface area contributed by atoms with Crippen LogP contribution in [0.25, 0.3) is 11.3 Å². The molecule has 0 aliphatic rings. The quantitative estimate of drug-likeness (QED) is 0.948. The summed E-state index contributed by atoms with van der Waals surface area (Å²) in [4.78, 5) is 4.22. The fraction of sp³-hybridized carbons (Fsp3) is 0.308. The van der Waals surface area contributed by atoms with E-state index in [0.29, 0.717) is 5.95 Å². The zero-order valence-corrected chi connectivity index (χ0v) is 12.3. The SMILES string of the molecule is CCc1ccc(OC)c(-c2c(Br)nc(N)n2C)c1. The molecule has 18 heavy (non-hydrogen) atoms. The first-order chi connectivity index (χ1) is 8.58. The molecule has 2 rings (SSSR count). The minimum atomic E-state index is 0.473. The van der Waals surface area contributed by atoms with Crippen molar-refractivity contribution < 1.29 is 4.74 Å². The van der Waals surface area contributed by atoms with E-state index < -0.39 is 0 Å². The van der Waals surface area contributed by atoms with Crippen molar-refractivity contribution in [1.82, 2.24) is 9.55 Å². The molecular formula is C13H16BrN3O. The van der Waals surface area contributed by atoms with Gasteiger partial charge in [0.1, 0.15) is 10.4 Å². The molecule has 0 unspecified atom stereocenters. The molecule has 0 spiro atoms. The van der Waals surface area contributed by atoms with E-state index in [2.05, 4.69) is 40.0 Å². The van der Waals surface area contributed by atoms with E-state index in [9.17, 15) is 0 Å². The highest BCUT2D eigenvalue weighted by Crippen LogP contribution is 2.36. The first kappa shape index (κ1) is 13.0. The number of hydrogen-bond donors (Lipinski definition) is 1. The van der Waals surface area contributed by atoms with Gasteiger partial charge in [-0.1, -0.05) is 13.0 Å². The second kappa shape index (κ2) is 5.02. The maximum Gasteiger partial charge on any atom is 0.201 e. The number of aryl methyl sites for hydroxylation is 1. The number of nitrogens with zero attached hydrogens (tertiary/aromatic N) is 2. The van der Waals surface area contributed by atoms with Crippen molar-refractivity contribution >= 4 is 21.9 Å². The van der Waals surface area contributed by atoms with Gasteiger partial charge >= 0.3 is 0 Å². The molecular weight excluding hydrogens is 294 g/mol. The Morgan fingerprint density at radius 2 is 2.17 bits per heavy atom. The van der Waals surface area contributed by atoms with E-state index in [1.165, 1.54) is 5.56 Å². The molecule has 5 heteroatoms. The number of hydrogen-bond acceptors (Lipinski definition) is 3. The first-order valence-electron chi connectivity index (χ1n) is 5.73. The summed E-state index contributed by atoms with van der Waals surface area (Å²) >= 11 is 3.45. The Morgan fingerprint density at radius 3 is 2.67 bits per heavy atom. The summed E-state index contributed by atoms with van der Waals surface area (Å²) < 4.78 is 7.99.